The highest BCUT2D eigenvalue weighted by Gasteiger charge is 2.49. The number of likely N-dealkylation sites (tertiary alicyclic amines) is 1. The van der Waals surface area contributed by atoms with Crippen LogP contribution in [0.4, 0.5) is 13.2 Å². The van der Waals surface area contributed by atoms with Crippen molar-refractivity contribution < 1.29 is 22.8 Å². The van der Waals surface area contributed by atoms with Gasteiger partial charge in [-0.05, 0) is 6.92 Å². The predicted molar refractivity (Wildman–Crippen MR) is 53.8 cm³/mol. The van der Waals surface area contributed by atoms with E-state index in [0.29, 0.717) is 4.90 Å². The highest BCUT2D eigenvalue weighted by molar-refractivity contribution is 6.03. The Morgan fingerprint density at radius 2 is 2.00 bits per heavy atom. The lowest BCUT2D eigenvalue weighted by Gasteiger charge is -2.23. The molecular weight excluding hydrogens is 237 g/mol. The zero-order valence-electron chi connectivity index (χ0n) is 9.71. The van der Waals surface area contributed by atoms with E-state index in [1.165, 1.54) is 18.0 Å². The van der Waals surface area contributed by atoms with Crippen LogP contribution in [0.25, 0.3) is 0 Å². The number of allylic oxidation sites excluding steroid dienone is 1. The van der Waals surface area contributed by atoms with E-state index in [2.05, 4.69) is 0 Å². The number of Topliss-reactive ketones (excluding diaryl/α,β-unsaturated/α-hetero) is 1. The predicted octanol–water partition coefficient (Wildman–Crippen LogP) is 1.14. The molecule has 1 rings (SSSR count). The SMILES string of the molecule is CC1CC(=O)C(=CN(C)C)N1C(=O)C(F)(F)F. The molecule has 1 fully saturated rings. The molecule has 0 aliphatic carbocycles. The maximum absolute atomic E-state index is 12.4. The first-order valence-electron chi connectivity index (χ1n) is 4.96. The summed E-state index contributed by atoms with van der Waals surface area (Å²) < 4.78 is 37.1. The molecule has 0 bridgehead atoms. The number of hydrogen-bond donors (Lipinski definition) is 0. The molecule has 7 heteroatoms. The van der Waals surface area contributed by atoms with E-state index in [4.69, 9.17) is 0 Å². The molecule has 1 aliphatic heterocycles. The minimum Gasteiger partial charge on any atom is -0.382 e. The van der Waals surface area contributed by atoms with Gasteiger partial charge in [0.2, 0.25) is 0 Å². The molecule has 1 heterocycles. The monoisotopic (exact) mass is 250 g/mol. The van der Waals surface area contributed by atoms with Gasteiger partial charge in [-0.1, -0.05) is 0 Å². The van der Waals surface area contributed by atoms with Gasteiger partial charge < -0.3 is 4.90 Å². The average molecular weight is 250 g/mol. The van der Waals surface area contributed by atoms with Gasteiger partial charge in [-0.3, -0.25) is 14.5 Å². The smallest absolute Gasteiger partial charge is 0.382 e. The van der Waals surface area contributed by atoms with E-state index in [1.54, 1.807) is 14.1 Å². The minimum absolute atomic E-state index is 0.0819. The molecular formula is C10H13F3N2O2. The van der Waals surface area contributed by atoms with Crippen molar-refractivity contribution in [3.05, 3.63) is 11.9 Å². The Morgan fingerprint density at radius 1 is 1.47 bits per heavy atom. The fraction of sp³-hybridized carbons (Fsp3) is 0.600. The molecule has 0 aromatic rings. The second-order valence-electron chi connectivity index (χ2n) is 4.13. The second kappa shape index (κ2) is 4.38. The second-order valence-corrected chi connectivity index (χ2v) is 4.13. The van der Waals surface area contributed by atoms with Gasteiger partial charge in [-0.2, -0.15) is 13.2 Å². The summed E-state index contributed by atoms with van der Waals surface area (Å²) in [5.41, 5.74) is -0.204. The number of carbonyl (C=O) groups is 2. The normalized spacial score (nSPS) is 23.4. The maximum atomic E-state index is 12.4. The summed E-state index contributed by atoms with van der Waals surface area (Å²) in [4.78, 5) is 24.7. The van der Waals surface area contributed by atoms with Crippen LogP contribution in [0.15, 0.2) is 11.9 Å². The molecule has 96 valence electrons. The van der Waals surface area contributed by atoms with Gasteiger partial charge in [0.25, 0.3) is 0 Å². The van der Waals surface area contributed by atoms with Gasteiger partial charge in [0, 0.05) is 32.8 Å². The summed E-state index contributed by atoms with van der Waals surface area (Å²) in [5, 5.41) is 0. The molecule has 0 saturated carbocycles. The number of carbonyl (C=O) groups excluding carboxylic acids is 2. The van der Waals surface area contributed by atoms with Crippen LogP contribution in [-0.4, -0.2) is 47.8 Å². The van der Waals surface area contributed by atoms with Crippen LogP contribution in [0.2, 0.25) is 0 Å². The molecule has 17 heavy (non-hydrogen) atoms. The summed E-state index contributed by atoms with van der Waals surface area (Å²) in [5.74, 6) is -2.45. The summed E-state index contributed by atoms with van der Waals surface area (Å²) in [7, 11) is 3.14. The number of amides is 1. The van der Waals surface area contributed by atoms with Crippen LogP contribution >= 0.6 is 0 Å². The molecule has 1 unspecified atom stereocenters. The Balaban J connectivity index is 3.11. The molecule has 0 aromatic heterocycles. The van der Waals surface area contributed by atoms with Crippen molar-refractivity contribution in [2.75, 3.05) is 14.1 Å². The maximum Gasteiger partial charge on any atom is 0.471 e. The van der Waals surface area contributed by atoms with Crippen LogP contribution in [-0.2, 0) is 9.59 Å². The third-order valence-electron chi connectivity index (χ3n) is 2.31. The lowest BCUT2D eigenvalue weighted by molar-refractivity contribution is -0.184. The first-order chi connectivity index (χ1) is 7.64. The number of rotatable bonds is 1. The van der Waals surface area contributed by atoms with E-state index in [9.17, 15) is 22.8 Å². The zero-order valence-corrected chi connectivity index (χ0v) is 9.71. The van der Waals surface area contributed by atoms with Crippen molar-refractivity contribution in [3.8, 4) is 0 Å². The van der Waals surface area contributed by atoms with E-state index in [1.807, 2.05) is 0 Å². The topological polar surface area (TPSA) is 40.6 Å². The van der Waals surface area contributed by atoms with Crippen LogP contribution in [0.1, 0.15) is 13.3 Å². The molecule has 1 aliphatic rings. The Morgan fingerprint density at radius 3 is 2.41 bits per heavy atom. The number of nitrogens with zero attached hydrogens (tertiary/aromatic N) is 2. The fourth-order valence-corrected chi connectivity index (χ4v) is 1.66. The zero-order chi connectivity index (χ0) is 13.4. The Kier molecular flexibility index (Phi) is 3.49. The number of hydrogen-bond acceptors (Lipinski definition) is 3. The van der Waals surface area contributed by atoms with E-state index < -0.39 is 23.9 Å². The quantitative estimate of drug-likeness (QED) is 0.655. The van der Waals surface area contributed by atoms with Gasteiger partial charge in [0.1, 0.15) is 5.70 Å². The summed E-state index contributed by atoms with van der Waals surface area (Å²) in [6, 6.07) is -0.761. The van der Waals surface area contributed by atoms with Crippen LogP contribution < -0.4 is 0 Å². The summed E-state index contributed by atoms with van der Waals surface area (Å²) in [6.07, 6.45) is -3.82. The molecule has 0 spiro atoms. The number of halogens is 3. The first-order valence-corrected chi connectivity index (χ1v) is 4.96. The Bertz CT molecular complexity index is 374. The van der Waals surface area contributed by atoms with Gasteiger partial charge >= 0.3 is 12.1 Å². The Hall–Kier alpha value is -1.53. The fourth-order valence-electron chi connectivity index (χ4n) is 1.66. The number of alkyl halides is 3. The highest BCUT2D eigenvalue weighted by atomic mass is 19.4. The van der Waals surface area contributed by atoms with E-state index >= 15 is 0 Å². The van der Waals surface area contributed by atoms with Crippen molar-refractivity contribution in [2.24, 2.45) is 0 Å². The van der Waals surface area contributed by atoms with Crippen molar-refractivity contribution in [1.29, 1.82) is 0 Å². The minimum atomic E-state index is -4.97. The summed E-state index contributed by atoms with van der Waals surface area (Å²) >= 11 is 0. The number of ketones is 1. The molecule has 0 N–H and O–H groups in total. The molecule has 1 atom stereocenters. The van der Waals surface area contributed by atoms with Gasteiger partial charge in [0.15, 0.2) is 5.78 Å². The molecule has 1 saturated heterocycles. The molecule has 4 nitrogen and oxygen atoms in total. The highest BCUT2D eigenvalue weighted by Crippen LogP contribution is 2.30. The standard InChI is InChI=1S/C10H13F3N2O2/c1-6-4-8(16)7(5-14(2)3)15(6)9(17)10(11,12)13/h5-6H,4H2,1-3H3. The Labute approximate surface area is 96.7 Å². The first kappa shape index (κ1) is 13.5. The largest absolute Gasteiger partial charge is 0.471 e. The summed E-state index contributed by atoms with van der Waals surface area (Å²) in [6.45, 7) is 1.41. The van der Waals surface area contributed by atoms with Crippen LogP contribution in [0.3, 0.4) is 0 Å². The average Bonchev–Trinajstić information content (AvgIpc) is 2.38. The van der Waals surface area contributed by atoms with Crippen molar-refractivity contribution >= 4 is 11.7 Å². The van der Waals surface area contributed by atoms with Gasteiger partial charge in [-0.25, -0.2) is 0 Å². The molecule has 0 radical (unpaired) electrons. The van der Waals surface area contributed by atoms with Crippen molar-refractivity contribution in [2.45, 2.75) is 25.6 Å². The van der Waals surface area contributed by atoms with E-state index in [0.717, 1.165) is 0 Å². The van der Waals surface area contributed by atoms with Crippen LogP contribution in [0, 0.1) is 0 Å². The molecule has 1 amide bonds. The molecule has 0 aromatic carbocycles. The third kappa shape index (κ3) is 2.78. The van der Waals surface area contributed by atoms with Crippen molar-refractivity contribution in [3.63, 3.8) is 0 Å². The lowest BCUT2D eigenvalue weighted by atomic mass is 10.2. The van der Waals surface area contributed by atoms with Gasteiger partial charge in [0.05, 0.1) is 0 Å². The lowest BCUT2D eigenvalue weighted by Crippen LogP contribution is -2.42. The van der Waals surface area contributed by atoms with Crippen LogP contribution in [0.5, 0.6) is 0 Å². The van der Waals surface area contributed by atoms with E-state index in [-0.39, 0.29) is 12.1 Å². The third-order valence-corrected chi connectivity index (χ3v) is 2.31. The van der Waals surface area contributed by atoms with Gasteiger partial charge in [-0.15, -0.1) is 0 Å². The van der Waals surface area contributed by atoms with Crippen molar-refractivity contribution in [1.82, 2.24) is 9.80 Å².